The van der Waals surface area contributed by atoms with E-state index < -0.39 is 10.0 Å². The lowest BCUT2D eigenvalue weighted by Gasteiger charge is -2.06. The quantitative estimate of drug-likeness (QED) is 0.830. The van der Waals surface area contributed by atoms with Crippen LogP contribution in [0.5, 0.6) is 0 Å². The highest BCUT2D eigenvalue weighted by atomic mass is 32.2. The molecule has 0 aliphatic rings. The Hall–Kier alpha value is -2.35. The van der Waals surface area contributed by atoms with Gasteiger partial charge in [0.05, 0.1) is 30.3 Å². The summed E-state index contributed by atoms with van der Waals surface area (Å²) in [5, 5.41) is 3.89. The summed E-state index contributed by atoms with van der Waals surface area (Å²) in [6.07, 6.45) is 3.08. The Bertz CT molecular complexity index is 735. The lowest BCUT2D eigenvalue weighted by molar-refractivity contribution is -0.139. The minimum Gasteiger partial charge on any atom is -0.469 e. The fourth-order valence-corrected chi connectivity index (χ4v) is 2.74. The molecular weight excluding hydrogens is 294 g/mol. The van der Waals surface area contributed by atoms with E-state index in [1.54, 1.807) is 25.4 Å². The number of benzene rings is 1. The Kier molecular flexibility index (Phi) is 4.27. The summed E-state index contributed by atoms with van der Waals surface area (Å²) in [6, 6.07) is 6.04. The normalized spacial score (nSPS) is 11.1. The number of esters is 1. The van der Waals surface area contributed by atoms with Gasteiger partial charge in [-0.2, -0.15) is 5.10 Å². The number of nitrogens with zero attached hydrogens (tertiary/aromatic N) is 2. The predicted octanol–water partition coefficient (Wildman–Crippen LogP) is 0.936. The summed E-state index contributed by atoms with van der Waals surface area (Å²) in [7, 11) is -0.672. The zero-order chi connectivity index (χ0) is 15.5. The summed E-state index contributed by atoms with van der Waals surface area (Å²) in [5.41, 5.74) is 1.07. The van der Waals surface area contributed by atoms with Gasteiger partial charge in [0.2, 0.25) is 0 Å². The molecule has 2 rings (SSSR count). The van der Waals surface area contributed by atoms with E-state index >= 15 is 0 Å². The third-order valence-corrected chi connectivity index (χ3v) is 4.16. The first-order chi connectivity index (χ1) is 9.90. The average molecular weight is 309 g/mol. The second-order valence-electron chi connectivity index (χ2n) is 4.41. The van der Waals surface area contributed by atoms with Crippen molar-refractivity contribution in [1.29, 1.82) is 0 Å². The molecule has 0 radical (unpaired) electrons. The first kappa shape index (κ1) is 15.0. The summed E-state index contributed by atoms with van der Waals surface area (Å²) >= 11 is 0. The molecule has 0 unspecified atom stereocenters. The van der Waals surface area contributed by atoms with Crippen molar-refractivity contribution in [2.24, 2.45) is 7.05 Å². The topological polar surface area (TPSA) is 90.3 Å². The molecular formula is C13H15N3O4S. The first-order valence-electron chi connectivity index (χ1n) is 6.08. The van der Waals surface area contributed by atoms with E-state index in [2.05, 4.69) is 14.6 Å². The van der Waals surface area contributed by atoms with E-state index in [9.17, 15) is 13.2 Å². The molecule has 1 N–H and O–H groups in total. The van der Waals surface area contributed by atoms with Crippen LogP contribution in [0, 0.1) is 0 Å². The molecule has 2 aromatic rings. The third-order valence-electron chi connectivity index (χ3n) is 2.77. The van der Waals surface area contributed by atoms with Gasteiger partial charge >= 0.3 is 5.97 Å². The number of nitrogens with one attached hydrogen (secondary N) is 1. The third kappa shape index (κ3) is 3.82. The van der Waals surface area contributed by atoms with Crippen LogP contribution in [0.3, 0.4) is 0 Å². The van der Waals surface area contributed by atoms with Crippen molar-refractivity contribution in [1.82, 2.24) is 9.78 Å². The van der Waals surface area contributed by atoms with Crippen molar-refractivity contribution in [3.05, 3.63) is 42.2 Å². The zero-order valence-corrected chi connectivity index (χ0v) is 12.4. The number of rotatable bonds is 5. The molecule has 112 valence electrons. The first-order valence-corrected chi connectivity index (χ1v) is 7.56. The van der Waals surface area contributed by atoms with Crippen LogP contribution in [-0.4, -0.2) is 31.3 Å². The maximum absolute atomic E-state index is 12.2. The Morgan fingerprint density at radius 1 is 1.33 bits per heavy atom. The van der Waals surface area contributed by atoms with Gasteiger partial charge in [-0.05, 0) is 17.7 Å². The summed E-state index contributed by atoms with van der Waals surface area (Å²) in [5.74, 6) is -0.376. The van der Waals surface area contributed by atoms with Gasteiger partial charge in [0, 0.05) is 13.2 Å². The van der Waals surface area contributed by atoms with Gasteiger partial charge in [-0.25, -0.2) is 8.42 Å². The van der Waals surface area contributed by atoms with Crippen molar-refractivity contribution in [2.45, 2.75) is 11.3 Å². The fourth-order valence-electron chi connectivity index (χ4n) is 1.71. The van der Waals surface area contributed by atoms with Crippen molar-refractivity contribution >= 4 is 21.7 Å². The Balaban J connectivity index is 2.15. The van der Waals surface area contributed by atoms with Gasteiger partial charge in [0.1, 0.15) is 0 Å². The van der Waals surface area contributed by atoms with Gasteiger partial charge in [0.25, 0.3) is 10.0 Å². The zero-order valence-electron chi connectivity index (χ0n) is 11.6. The molecule has 0 fully saturated rings. The summed E-state index contributed by atoms with van der Waals surface area (Å²) < 4.78 is 32.8. The van der Waals surface area contributed by atoms with E-state index in [-0.39, 0.29) is 17.3 Å². The molecule has 1 aromatic heterocycles. The monoisotopic (exact) mass is 309 g/mol. The molecule has 0 aliphatic heterocycles. The Morgan fingerprint density at radius 3 is 2.52 bits per heavy atom. The number of methoxy groups -OCH3 is 1. The van der Waals surface area contributed by atoms with Gasteiger partial charge in [-0.15, -0.1) is 0 Å². The molecule has 0 aliphatic carbocycles. The molecule has 0 saturated carbocycles. The number of anilines is 1. The van der Waals surface area contributed by atoms with Crippen molar-refractivity contribution < 1.29 is 17.9 Å². The van der Waals surface area contributed by atoms with E-state index in [1.807, 2.05) is 0 Å². The summed E-state index contributed by atoms with van der Waals surface area (Å²) in [4.78, 5) is 11.3. The smallest absolute Gasteiger partial charge is 0.309 e. The predicted molar refractivity (Wildman–Crippen MR) is 76.2 cm³/mol. The highest BCUT2D eigenvalue weighted by Crippen LogP contribution is 2.16. The standard InChI is InChI=1S/C13H15N3O4S/c1-16-9-11(8-14-16)15-21(18,19)12-5-3-10(4-6-12)7-13(17)20-2/h3-6,8-9,15H,7H2,1-2H3. The number of carbonyl (C=O) groups is 1. The molecule has 1 heterocycles. The number of hydrogen-bond acceptors (Lipinski definition) is 5. The van der Waals surface area contributed by atoms with Gasteiger partial charge < -0.3 is 4.74 Å². The Morgan fingerprint density at radius 2 is 2.00 bits per heavy atom. The van der Waals surface area contributed by atoms with Crippen LogP contribution < -0.4 is 4.72 Å². The van der Waals surface area contributed by atoms with Crippen LogP contribution in [0.1, 0.15) is 5.56 Å². The largest absolute Gasteiger partial charge is 0.469 e. The highest BCUT2D eigenvalue weighted by molar-refractivity contribution is 7.92. The van der Waals surface area contributed by atoms with Gasteiger partial charge in [-0.3, -0.25) is 14.2 Å². The lowest BCUT2D eigenvalue weighted by atomic mass is 10.2. The molecule has 0 spiro atoms. The molecule has 0 amide bonds. The second kappa shape index (κ2) is 5.96. The lowest BCUT2D eigenvalue weighted by Crippen LogP contribution is -2.12. The molecule has 21 heavy (non-hydrogen) atoms. The number of hydrogen-bond donors (Lipinski definition) is 1. The number of sulfonamides is 1. The van der Waals surface area contributed by atoms with Crippen LogP contribution in [-0.2, 0) is 33.0 Å². The van der Waals surface area contributed by atoms with E-state index in [0.717, 1.165) is 0 Å². The van der Waals surface area contributed by atoms with Crippen molar-refractivity contribution in [3.8, 4) is 0 Å². The Labute approximate surface area is 122 Å². The molecule has 8 heteroatoms. The van der Waals surface area contributed by atoms with Crippen LogP contribution in [0.4, 0.5) is 5.69 Å². The van der Waals surface area contributed by atoms with Gasteiger partial charge in [0.15, 0.2) is 0 Å². The summed E-state index contributed by atoms with van der Waals surface area (Å²) in [6.45, 7) is 0. The fraction of sp³-hybridized carbons (Fsp3) is 0.231. The molecule has 0 atom stereocenters. The molecule has 0 bridgehead atoms. The van der Waals surface area contributed by atoms with E-state index in [0.29, 0.717) is 11.3 Å². The highest BCUT2D eigenvalue weighted by Gasteiger charge is 2.15. The average Bonchev–Trinajstić information content (AvgIpc) is 2.83. The second-order valence-corrected chi connectivity index (χ2v) is 6.09. The van der Waals surface area contributed by atoms with E-state index in [4.69, 9.17) is 0 Å². The SMILES string of the molecule is COC(=O)Cc1ccc(S(=O)(=O)Nc2cnn(C)c2)cc1. The minimum atomic E-state index is -3.67. The molecule has 0 saturated heterocycles. The molecule has 7 nitrogen and oxygen atoms in total. The van der Waals surface area contributed by atoms with Crippen LogP contribution >= 0.6 is 0 Å². The van der Waals surface area contributed by atoms with Crippen molar-refractivity contribution in [3.63, 3.8) is 0 Å². The number of aryl methyl sites for hydroxylation is 1. The van der Waals surface area contributed by atoms with Crippen LogP contribution in [0.15, 0.2) is 41.6 Å². The number of aromatic nitrogens is 2. The number of carbonyl (C=O) groups excluding carboxylic acids is 1. The van der Waals surface area contributed by atoms with Crippen molar-refractivity contribution in [2.75, 3.05) is 11.8 Å². The molecule has 1 aromatic carbocycles. The maximum Gasteiger partial charge on any atom is 0.309 e. The minimum absolute atomic E-state index is 0.104. The maximum atomic E-state index is 12.2. The van der Waals surface area contributed by atoms with Crippen LogP contribution in [0.25, 0.3) is 0 Å². The van der Waals surface area contributed by atoms with E-state index in [1.165, 1.54) is 30.1 Å². The number of ether oxygens (including phenoxy) is 1. The van der Waals surface area contributed by atoms with Gasteiger partial charge in [-0.1, -0.05) is 12.1 Å². The van der Waals surface area contributed by atoms with Crippen LogP contribution in [0.2, 0.25) is 0 Å².